The lowest BCUT2D eigenvalue weighted by Crippen LogP contribution is -2.30. The average Bonchev–Trinajstić information content (AvgIpc) is 2.41. The van der Waals surface area contributed by atoms with E-state index in [4.69, 9.17) is 0 Å². The van der Waals surface area contributed by atoms with Crippen molar-refractivity contribution in [3.05, 3.63) is 47.7 Å². The predicted molar refractivity (Wildman–Crippen MR) is 74.3 cm³/mol. The Bertz CT molecular complexity index is 391. The molecule has 2 N–H and O–H groups in total. The van der Waals surface area contributed by atoms with Crippen molar-refractivity contribution in [2.45, 2.75) is 45.4 Å². The van der Waals surface area contributed by atoms with Gasteiger partial charge in [-0.05, 0) is 24.8 Å². The average molecular weight is 245 g/mol. The van der Waals surface area contributed by atoms with E-state index in [1.54, 1.807) is 0 Å². The lowest BCUT2D eigenvalue weighted by atomic mass is 9.73. The van der Waals surface area contributed by atoms with Crippen LogP contribution in [0.3, 0.4) is 0 Å². The molecule has 1 saturated carbocycles. The number of nitrogens with one attached hydrogen (secondary N) is 1. The van der Waals surface area contributed by atoms with Crippen LogP contribution in [0, 0.1) is 5.41 Å². The smallest absolute Gasteiger partial charge is 0.0398 e. The molecule has 0 amide bonds. The zero-order valence-electron chi connectivity index (χ0n) is 11.2. The lowest BCUT2D eigenvalue weighted by Gasteiger charge is -2.35. The summed E-state index contributed by atoms with van der Waals surface area (Å²) in [6, 6.07) is 10.4. The third-order valence-electron chi connectivity index (χ3n) is 4.11. The second-order valence-corrected chi connectivity index (χ2v) is 5.54. The van der Waals surface area contributed by atoms with Gasteiger partial charge in [-0.25, -0.2) is 0 Å². The molecule has 0 unspecified atom stereocenters. The van der Waals surface area contributed by atoms with Crippen LogP contribution < -0.4 is 5.48 Å². The molecule has 1 aliphatic carbocycles. The third-order valence-corrected chi connectivity index (χ3v) is 4.11. The first kappa shape index (κ1) is 13.2. The molecule has 0 atom stereocenters. The van der Waals surface area contributed by atoms with Crippen molar-refractivity contribution in [2.24, 2.45) is 5.41 Å². The van der Waals surface area contributed by atoms with E-state index in [0.717, 1.165) is 12.1 Å². The molecule has 0 radical (unpaired) electrons. The molecule has 0 heterocycles. The Balaban J connectivity index is 2.08. The Hall–Kier alpha value is -1.28. The van der Waals surface area contributed by atoms with E-state index in [0.29, 0.717) is 0 Å². The van der Waals surface area contributed by atoms with Gasteiger partial charge >= 0.3 is 0 Å². The van der Waals surface area contributed by atoms with Crippen LogP contribution in [0.5, 0.6) is 0 Å². The highest BCUT2D eigenvalue weighted by Crippen LogP contribution is 2.40. The van der Waals surface area contributed by atoms with E-state index in [-0.39, 0.29) is 5.41 Å². The van der Waals surface area contributed by atoms with Gasteiger partial charge in [-0.3, -0.25) is 10.7 Å². The van der Waals surface area contributed by atoms with E-state index in [1.807, 2.05) is 6.07 Å². The fraction of sp³-hybridized carbons (Fsp3) is 0.500. The Morgan fingerprint density at radius 1 is 1.22 bits per heavy atom. The highest BCUT2D eigenvalue weighted by atomic mass is 16.5. The lowest BCUT2D eigenvalue weighted by molar-refractivity contribution is 0.141. The van der Waals surface area contributed by atoms with E-state index in [1.165, 1.54) is 37.7 Å². The van der Waals surface area contributed by atoms with Crippen molar-refractivity contribution in [3.8, 4) is 0 Å². The molecular weight excluding hydrogens is 222 g/mol. The summed E-state index contributed by atoms with van der Waals surface area (Å²) in [6.07, 6.45) is 9.21. The second-order valence-electron chi connectivity index (χ2n) is 5.54. The molecule has 0 aromatic heterocycles. The van der Waals surface area contributed by atoms with Gasteiger partial charge in [0.25, 0.3) is 0 Å². The number of hydrogen-bond acceptors (Lipinski definition) is 2. The fourth-order valence-corrected chi connectivity index (χ4v) is 2.86. The molecule has 0 spiro atoms. The van der Waals surface area contributed by atoms with E-state index in [2.05, 4.69) is 42.7 Å². The molecular formula is C16H23NO. The van der Waals surface area contributed by atoms with Crippen LogP contribution in [0.1, 0.15) is 44.6 Å². The number of hydrogen-bond donors (Lipinski definition) is 2. The van der Waals surface area contributed by atoms with Gasteiger partial charge < -0.3 is 0 Å². The van der Waals surface area contributed by atoms with Gasteiger partial charge in [-0.2, -0.15) is 0 Å². The summed E-state index contributed by atoms with van der Waals surface area (Å²) in [6.45, 7) is 2.26. The summed E-state index contributed by atoms with van der Waals surface area (Å²) >= 11 is 0. The summed E-state index contributed by atoms with van der Waals surface area (Å²) in [5, 5.41) is 9.40. The summed E-state index contributed by atoms with van der Waals surface area (Å²) in [4.78, 5) is 0. The molecule has 2 nitrogen and oxygen atoms in total. The van der Waals surface area contributed by atoms with Crippen LogP contribution in [0.2, 0.25) is 0 Å². The van der Waals surface area contributed by atoms with Crippen molar-refractivity contribution in [3.63, 3.8) is 0 Å². The first-order valence-corrected chi connectivity index (χ1v) is 6.89. The van der Waals surface area contributed by atoms with Gasteiger partial charge in [0.15, 0.2) is 0 Å². The van der Waals surface area contributed by atoms with Crippen LogP contribution in [0.15, 0.2) is 42.1 Å². The van der Waals surface area contributed by atoms with E-state index >= 15 is 0 Å². The van der Waals surface area contributed by atoms with Gasteiger partial charge in [0.05, 0.1) is 0 Å². The number of allylic oxidation sites excluding steroid dienone is 2. The summed E-state index contributed by atoms with van der Waals surface area (Å²) in [7, 11) is 0. The van der Waals surface area contributed by atoms with Crippen LogP contribution in [0.25, 0.3) is 0 Å². The molecule has 1 aliphatic rings. The first-order valence-electron chi connectivity index (χ1n) is 6.89. The topological polar surface area (TPSA) is 32.3 Å². The van der Waals surface area contributed by atoms with Gasteiger partial charge in [-0.1, -0.05) is 62.6 Å². The molecule has 2 heteroatoms. The monoisotopic (exact) mass is 245 g/mol. The maximum absolute atomic E-state index is 9.40. The van der Waals surface area contributed by atoms with Gasteiger partial charge in [0, 0.05) is 11.1 Å². The number of rotatable bonds is 4. The van der Waals surface area contributed by atoms with Crippen LogP contribution in [0.4, 0.5) is 0 Å². The minimum absolute atomic E-state index is 0.127. The summed E-state index contributed by atoms with van der Waals surface area (Å²) in [5.41, 5.74) is 4.84. The van der Waals surface area contributed by atoms with Crippen LogP contribution in [-0.4, -0.2) is 5.21 Å². The molecule has 1 fully saturated rings. The summed E-state index contributed by atoms with van der Waals surface area (Å²) in [5.74, 6) is 0. The number of hydroxylamine groups is 1. The Kier molecular flexibility index (Phi) is 4.43. The highest BCUT2D eigenvalue weighted by molar-refractivity contribution is 5.21. The zero-order chi connectivity index (χ0) is 12.8. The largest absolute Gasteiger partial charge is 0.291 e. The zero-order valence-corrected chi connectivity index (χ0v) is 11.2. The molecule has 1 aromatic rings. The quantitative estimate of drug-likeness (QED) is 0.784. The normalized spacial score (nSPS) is 19.6. The van der Waals surface area contributed by atoms with Gasteiger partial charge in [0.2, 0.25) is 0 Å². The Labute approximate surface area is 110 Å². The summed E-state index contributed by atoms with van der Waals surface area (Å²) < 4.78 is 0. The third kappa shape index (κ3) is 3.14. The maximum Gasteiger partial charge on any atom is 0.0398 e. The fourth-order valence-electron chi connectivity index (χ4n) is 2.86. The highest BCUT2D eigenvalue weighted by Gasteiger charge is 2.30. The Morgan fingerprint density at radius 2 is 1.89 bits per heavy atom. The van der Waals surface area contributed by atoms with Crippen molar-refractivity contribution in [1.82, 2.24) is 5.48 Å². The van der Waals surface area contributed by atoms with Crippen LogP contribution >= 0.6 is 0 Å². The number of benzene rings is 1. The molecule has 1 aromatic carbocycles. The van der Waals surface area contributed by atoms with Crippen molar-refractivity contribution in [2.75, 3.05) is 0 Å². The SMILES string of the molecule is CC1(C(=CCc2ccccc2)NO)CCCCC1. The second kappa shape index (κ2) is 6.05. The molecule has 18 heavy (non-hydrogen) atoms. The van der Waals surface area contributed by atoms with Gasteiger partial charge in [0.1, 0.15) is 0 Å². The van der Waals surface area contributed by atoms with Crippen molar-refractivity contribution >= 4 is 0 Å². The van der Waals surface area contributed by atoms with Gasteiger partial charge in [-0.15, -0.1) is 0 Å². The first-order chi connectivity index (χ1) is 8.74. The maximum atomic E-state index is 9.40. The minimum Gasteiger partial charge on any atom is -0.291 e. The predicted octanol–water partition coefficient (Wildman–Crippen LogP) is 4.06. The Morgan fingerprint density at radius 3 is 2.50 bits per heavy atom. The molecule has 0 bridgehead atoms. The molecule has 0 saturated heterocycles. The molecule has 2 rings (SSSR count). The van der Waals surface area contributed by atoms with E-state index < -0.39 is 0 Å². The minimum atomic E-state index is 0.127. The van der Waals surface area contributed by atoms with Crippen molar-refractivity contribution in [1.29, 1.82) is 0 Å². The van der Waals surface area contributed by atoms with Crippen molar-refractivity contribution < 1.29 is 5.21 Å². The molecule has 0 aliphatic heterocycles. The molecule has 98 valence electrons. The van der Waals surface area contributed by atoms with Crippen LogP contribution in [-0.2, 0) is 6.42 Å². The van der Waals surface area contributed by atoms with E-state index in [9.17, 15) is 5.21 Å². The standard InChI is InChI=1S/C16H23NO/c1-16(12-6-3-7-13-16)15(17-18)11-10-14-8-4-2-5-9-14/h2,4-5,8-9,11,17-18H,3,6-7,10,12-13H2,1H3.